The molecule has 1 N–H and O–H groups in total. The second-order valence-electron chi connectivity index (χ2n) is 8.49. The second-order valence-corrected chi connectivity index (χ2v) is 8.49. The summed E-state index contributed by atoms with van der Waals surface area (Å²) in [5, 5.41) is 11.5. The predicted octanol–water partition coefficient (Wildman–Crippen LogP) is 6.30. The summed E-state index contributed by atoms with van der Waals surface area (Å²) in [6, 6.07) is 25.9. The maximum absolute atomic E-state index is 11.4. The summed E-state index contributed by atoms with van der Waals surface area (Å²) in [6.07, 6.45) is 6.87. The summed E-state index contributed by atoms with van der Waals surface area (Å²) < 4.78 is 15.9. The van der Waals surface area contributed by atoms with Gasteiger partial charge in [0.05, 0.1) is 24.4 Å². The first-order chi connectivity index (χ1) is 17.2. The molecular weight excluding hydrogens is 440 g/mol. The minimum absolute atomic E-state index is 0.0824. The number of aromatic nitrogens is 2. The van der Waals surface area contributed by atoms with Gasteiger partial charge in [-0.2, -0.15) is 0 Å². The molecule has 5 aromatic rings. The van der Waals surface area contributed by atoms with E-state index in [0.717, 1.165) is 58.3 Å². The zero-order chi connectivity index (χ0) is 24.0. The summed E-state index contributed by atoms with van der Waals surface area (Å²) in [4.78, 5) is 11.4. The monoisotopic (exact) mass is 468 g/mol. The predicted molar refractivity (Wildman–Crippen MR) is 138 cm³/mol. The Kier molecular flexibility index (Phi) is 6.70. The van der Waals surface area contributed by atoms with Crippen LogP contribution in [0.2, 0.25) is 0 Å². The number of hydrogen-bond donors (Lipinski definition) is 1. The Balaban J connectivity index is 1.14. The van der Waals surface area contributed by atoms with Crippen LogP contribution in [-0.2, 0) is 11.3 Å². The molecule has 0 saturated heterocycles. The van der Waals surface area contributed by atoms with E-state index in [2.05, 4.69) is 10.6 Å². The normalized spacial score (nSPS) is 11.2. The third kappa shape index (κ3) is 5.01. The molecule has 6 nitrogen and oxygen atoms in total. The van der Waals surface area contributed by atoms with Gasteiger partial charge in [-0.3, -0.25) is 4.79 Å². The Morgan fingerprint density at radius 3 is 2.29 bits per heavy atom. The fraction of sp³-hybridized carbons (Fsp3) is 0.207. The Morgan fingerprint density at radius 2 is 1.46 bits per heavy atom. The standard InChI is InChI=1S/C29H28N2O4/c32-29(33)21-31-25-11-3-2-10-23(25)24-15-14-22(20-27(24)31)34-18-8-1-9-19-35-28-13-5-4-12-26(28)30-16-6-7-17-30/h2-7,10-17,20H,1,8-9,18-19,21H2,(H,32,33). The average Bonchev–Trinajstić information content (AvgIpc) is 3.51. The van der Waals surface area contributed by atoms with Crippen LogP contribution in [0, 0.1) is 0 Å². The highest BCUT2D eigenvalue weighted by Gasteiger charge is 2.13. The van der Waals surface area contributed by atoms with E-state index in [4.69, 9.17) is 9.47 Å². The molecule has 3 aromatic carbocycles. The number of fused-ring (bicyclic) bond motifs is 3. The molecule has 178 valence electrons. The molecular formula is C29H28N2O4. The van der Waals surface area contributed by atoms with E-state index in [9.17, 15) is 9.90 Å². The third-order valence-electron chi connectivity index (χ3n) is 6.10. The number of aliphatic carboxylic acids is 1. The Hall–Kier alpha value is -4.19. The first kappa shape index (κ1) is 22.6. The van der Waals surface area contributed by atoms with Gasteiger partial charge in [-0.05, 0) is 61.7 Å². The molecule has 0 unspecified atom stereocenters. The van der Waals surface area contributed by atoms with Crippen LogP contribution in [0.15, 0.2) is 91.3 Å². The number of benzene rings is 3. The Bertz CT molecular complexity index is 1440. The second kappa shape index (κ2) is 10.4. The van der Waals surface area contributed by atoms with E-state index in [1.165, 1.54) is 0 Å². The maximum atomic E-state index is 11.4. The quantitative estimate of drug-likeness (QED) is 0.231. The number of rotatable bonds is 11. The molecule has 35 heavy (non-hydrogen) atoms. The Labute approximate surface area is 203 Å². The number of carbonyl (C=O) groups is 1. The van der Waals surface area contributed by atoms with E-state index in [1.54, 1.807) is 0 Å². The molecule has 0 aliphatic rings. The van der Waals surface area contributed by atoms with Gasteiger partial charge in [0.25, 0.3) is 0 Å². The van der Waals surface area contributed by atoms with E-state index in [-0.39, 0.29) is 6.54 Å². The number of ether oxygens (including phenoxy) is 2. The van der Waals surface area contributed by atoms with Crippen LogP contribution in [0.25, 0.3) is 27.5 Å². The van der Waals surface area contributed by atoms with Crippen molar-refractivity contribution in [3.63, 3.8) is 0 Å². The fourth-order valence-electron chi connectivity index (χ4n) is 4.47. The number of para-hydroxylation sites is 3. The smallest absolute Gasteiger partial charge is 0.323 e. The minimum atomic E-state index is -0.864. The molecule has 0 aliphatic heterocycles. The lowest BCUT2D eigenvalue weighted by atomic mass is 10.1. The van der Waals surface area contributed by atoms with Crippen molar-refractivity contribution in [2.45, 2.75) is 25.8 Å². The molecule has 0 fully saturated rings. The maximum Gasteiger partial charge on any atom is 0.323 e. The van der Waals surface area contributed by atoms with E-state index >= 15 is 0 Å². The molecule has 0 spiro atoms. The first-order valence-electron chi connectivity index (χ1n) is 11.9. The van der Waals surface area contributed by atoms with Gasteiger partial charge in [0.1, 0.15) is 18.0 Å². The molecule has 2 heterocycles. The number of carboxylic acid groups (broad SMARTS) is 1. The number of hydrogen-bond acceptors (Lipinski definition) is 3. The number of carboxylic acids is 1. The van der Waals surface area contributed by atoms with Crippen molar-refractivity contribution in [2.24, 2.45) is 0 Å². The van der Waals surface area contributed by atoms with Crippen LogP contribution < -0.4 is 9.47 Å². The Morgan fingerprint density at radius 1 is 0.743 bits per heavy atom. The molecule has 6 heteroatoms. The fourth-order valence-corrected chi connectivity index (χ4v) is 4.47. The third-order valence-corrected chi connectivity index (χ3v) is 6.10. The van der Waals surface area contributed by atoms with Crippen molar-refractivity contribution < 1.29 is 19.4 Å². The van der Waals surface area contributed by atoms with Gasteiger partial charge in [0.15, 0.2) is 0 Å². The van der Waals surface area contributed by atoms with E-state index in [1.807, 2.05) is 89.8 Å². The van der Waals surface area contributed by atoms with Crippen molar-refractivity contribution in [3.8, 4) is 17.2 Å². The van der Waals surface area contributed by atoms with Crippen LogP contribution in [0.1, 0.15) is 19.3 Å². The van der Waals surface area contributed by atoms with Gasteiger partial charge >= 0.3 is 5.97 Å². The van der Waals surface area contributed by atoms with Crippen molar-refractivity contribution in [1.82, 2.24) is 9.13 Å². The first-order valence-corrected chi connectivity index (χ1v) is 11.9. The highest BCUT2D eigenvalue weighted by atomic mass is 16.5. The molecule has 0 amide bonds. The van der Waals surface area contributed by atoms with Gasteiger partial charge < -0.3 is 23.7 Å². The molecule has 5 rings (SSSR count). The highest BCUT2D eigenvalue weighted by Crippen LogP contribution is 2.31. The summed E-state index contributed by atoms with van der Waals surface area (Å²) in [5.41, 5.74) is 2.83. The lowest BCUT2D eigenvalue weighted by molar-refractivity contribution is -0.137. The topological polar surface area (TPSA) is 65.6 Å². The summed E-state index contributed by atoms with van der Waals surface area (Å²) in [6.45, 7) is 1.17. The lowest BCUT2D eigenvalue weighted by Crippen LogP contribution is -2.08. The van der Waals surface area contributed by atoms with Gasteiger partial charge in [-0.15, -0.1) is 0 Å². The lowest BCUT2D eigenvalue weighted by Gasteiger charge is -2.12. The molecule has 0 bridgehead atoms. The van der Waals surface area contributed by atoms with Gasteiger partial charge in [0, 0.05) is 34.7 Å². The summed E-state index contributed by atoms with van der Waals surface area (Å²) in [5.74, 6) is 0.769. The zero-order valence-corrected chi connectivity index (χ0v) is 19.5. The molecule has 0 radical (unpaired) electrons. The van der Waals surface area contributed by atoms with Crippen LogP contribution in [-0.4, -0.2) is 33.4 Å². The van der Waals surface area contributed by atoms with Gasteiger partial charge in [0.2, 0.25) is 0 Å². The van der Waals surface area contributed by atoms with E-state index in [0.29, 0.717) is 13.2 Å². The van der Waals surface area contributed by atoms with Crippen molar-refractivity contribution in [2.75, 3.05) is 13.2 Å². The molecule has 0 saturated carbocycles. The molecule has 2 aromatic heterocycles. The average molecular weight is 469 g/mol. The zero-order valence-electron chi connectivity index (χ0n) is 19.5. The largest absolute Gasteiger partial charge is 0.494 e. The van der Waals surface area contributed by atoms with Crippen molar-refractivity contribution in [3.05, 3.63) is 91.3 Å². The molecule has 0 aliphatic carbocycles. The van der Waals surface area contributed by atoms with Crippen LogP contribution >= 0.6 is 0 Å². The minimum Gasteiger partial charge on any atom is -0.494 e. The van der Waals surface area contributed by atoms with Crippen LogP contribution in [0.5, 0.6) is 11.5 Å². The SMILES string of the molecule is O=C(O)Cn1c2ccccc2c2ccc(OCCCCCOc3ccccc3-n3cccc3)cc21. The number of nitrogens with zero attached hydrogens (tertiary/aromatic N) is 2. The van der Waals surface area contributed by atoms with Gasteiger partial charge in [-0.1, -0.05) is 30.3 Å². The summed E-state index contributed by atoms with van der Waals surface area (Å²) >= 11 is 0. The molecule has 0 atom stereocenters. The van der Waals surface area contributed by atoms with Crippen LogP contribution in [0.4, 0.5) is 0 Å². The number of unbranched alkanes of at least 4 members (excludes halogenated alkanes) is 2. The van der Waals surface area contributed by atoms with Gasteiger partial charge in [-0.25, -0.2) is 0 Å². The van der Waals surface area contributed by atoms with Crippen LogP contribution in [0.3, 0.4) is 0 Å². The van der Waals surface area contributed by atoms with Crippen molar-refractivity contribution in [1.29, 1.82) is 0 Å². The van der Waals surface area contributed by atoms with E-state index < -0.39 is 5.97 Å². The summed E-state index contributed by atoms with van der Waals surface area (Å²) in [7, 11) is 0. The van der Waals surface area contributed by atoms with Crippen molar-refractivity contribution >= 4 is 27.8 Å². The highest BCUT2D eigenvalue weighted by molar-refractivity contribution is 6.08.